The van der Waals surface area contributed by atoms with E-state index in [0.717, 1.165) is 11.3 Å². The molecule has 1 aliphatic heterocycles. The van der Waals surface area contributed by atoms with Crippen molar-refractivity contribution in [3.8, 4) is 5.75 Å². The van der Waals surface area contributed by atoms with Crippen LogP contribution in [-0.4, -0.2) is 31.5 Å². The molecule has 0 bridgehead atoms. The fourth-order valence-corrected chi connectivity index (χ4v) is 1.56. The van der Waals surface area contributed by atoms with Gasteiger partial charge < -0.3 is 14.6 Å². The van der Waals surface area contributed by atoms with Crippen molar-refractivity contribution in [3.63, 3.8) is 0 Å². The molecular weight excluding hydrogens is 192 g/mol. The van der Waals surface area contributed by atoms with Gasteiger partial charge in [-0.05, 0) is 18.6 Å². The van der Waals surface area contributed by atoms with Crippen molar-refractivity contribution in [2.75, 3.05) is 26.4 Å². The van der Waals surface area contributed by atoms with Gasteiger partial charge in [-0.2, -0.15) is 0 Å². The average Bonchev–Trinajstić information content (AvgIpc) is 2.19. The summed E-state index contributed by atoms with van der Waals surface area (Å²) in [4.78, 5) is 0. The van der Waals surface area contributed by atoms with Crippen LogP contribution in [0.25, 0.3) is 0 Å². The van der Waals surface area contributed by atoms with Crippen LogP contribution >= 0.6 is 0 Å². The van der Waals surface area contributed by atoms with Crippen molar-refractivity contribution >= 4 is 0 Å². The number of hydrogen-bond acceptors (Lipinski definition) is 3. The van der Waals surface area contributed by atoms with E-state index in [1.807, 2.05) is 31.2 Å². The lowest BCUT2D eigenvalue weighted by Crippen LogP contribution is -2.49. The fraction of sp³-hybridized carbons (Fsp3) is 0.500. The Balaban J connectivity index is 1.95. The van der Waals surface area contributed by atoms with Gasteiger partial charge in [0, 0.05) is 0 Å². The Labute approximate surface area is 89.6 Å². The highest BCUT2D eigenvalue weighted by atomic mass is 16.5. The summed E-state index contributed by atoms with van der Waals surface area (Å²) in [5, 5.41) is 9.22. The van der Waals surface area contributed by atoms with Crippen LogP contribution in [0.1, 0.15) is 5.56 Å². The Morgan fingerprint density at radius 3 is 2.67 bits per heavy atom. The Bertz CT molecular complexity index is 326. The third kappa shape index (κ3) is 2.13. The standard InChI is InChI=1S/C12H16O3/c1-10-4-2-3-5-11(10)15-9-12(6-13)7-14-8-12/h2-5,13H,6-9H2,1H3. The average molecular weight is 208 g/mol. The summed E-state index contributed by atoms with van der Waals surface area (Å²) in [6.45, 7) is 3.84. The van der Waals surface area contributed by atoms with Crippen molar-refractivity contribution in [1.82, 2.24) is 0 Å². The molecular formula is C12H16O3. The molecule has 0 aromatic heterocycles. The zero-order chi connectivity index (χ0) is 10.7. The lowest BCUT2D eigenvalue weighted by Gasteiger charge is -2.39. The van der Waals surface area contributed by atoms with Gasteiger partial charge in [-0.25, -0.2) is 0 Å². The van der Waals surface area contributed by atoms with Gasteiger partial charge >= 0.3 is 0 Å². The highest BCUT2D eigenvalue weighted by Crippen LogP contribution is 2.28. The maximum Gasteiger partial charge on any atom is 0.122 e. The molecule has 0 saturated carbocycles. The summed E-state index contributed by atoms with van der Waals surface area (Å²) < 4.78 is 10.8. The Hall–Kier alpha value is -1.06. The monoisotopic (exact) mass is 208 g/mol. The van der Waals surface area contributed by atoms with E-state index in [4.69, 9.17) is 9.47 Å². The third-order valence-electron chi connectivity index (χ3n) is 2.78. The molecule has 82 valence electrons. The summed E-state index contributed by atoms with van der Waals surface area (Å²) in [6, 6.07) is 7.89. The van der Waals surface area contributed by atoms with Crippen LogP contribution in [0.15, 0.2) is 24.3 Å². The number of rotatable bonds is 4. The van der Waals surface area contributed by atoms with E-state index < -0.39 is 0 Å². The Kier molecular flexibility index (Phi) is 2.93. The van der Waals surface area contributed by atoms with Crippen LogP contribution in [0, 0.1) is 12.3 Å². The summed E-state index contributed by atoms with van der Waals surface area (Å²) >= 11 is 0. The molecule has 0 aliphatic carbocycles. The SMILES string of the molecule is Cc1ccccc1OCC1(CO)COC1. The minimum Gasteiger partial charge on any atom is -0.492 e. The minimum absolute atomic E-state index is 0.124. The van der Waals surface area contributed by atoms with Gasteiger partial charge in [0.25, 0.3) is 0 Å². The molecule has 3 heteroatoms. The Morgan fingerprint density at radius 2 is 2.13 bits per heavy atom. The summed E-state index contributed by atoms with van der Waals surface area (Å²) in [7, 11) is 0. The maximum atomic E-state index is 9.22. The highest BCUT2D eigenvalue weighted by molar-refractivity contribution is 5.31. The molecule has 1 aromatic carbocycles. The fourth-order valence-electron chi connectivity index (χ4n) is 1.56. The number of hydrogen-bond donors (Lipinski definition) is 1. The first kappa shape index (κ1) is 10.5. The number of para-hydroxylation sites is 1. The second kappa shape index (κ2) is 4.21. The molecule has 3 nitrogen and oxygen atoms in total. The smallest absolute Gasteiger partial charge is 0.122 e. The lowest BCUT2D eigenvalue weighted by molar-refractivity contribution is -0.153. The zero-order valence-corrected chi connectivity index (χ0v) is 8.90. The van der Waals surface area contributed by atoms with E-state index >= 15 is 0 Å². The first-order valence-electron chi connectivity index (χ1n) is 5.13. The molecule has 0 spiro atoms. The van der Waals surface area contributed by atoms with E-state index in [-0.39, 0.29) is 12.0 Å². The Morgan fingerprint density at radius 1 is 1.40 bits per heavy atom. The van der Waals surface area contributed by atoms with Gasteiger partial charge in [0.2, 0.25) is 0 Å². The zero-order valence-electron chi connectivity index (χ0n) is 8.90. The van der Waals surface area contributed by atoms with Crippen molar-refractivity contribution in [1.29, 1.82) is 0 Å². The van der Waals surface area contributed by atoms with E-state index in [2.05, 4.69) is 0 Å². The third-order valence-corrected chi connectivity index (χ3v) is 2.78. The van der Waals surface area contributed by atoms with Gasteiger partial charge in [0.1, 0.15) is 12.4 Å². The predicted molar refractivity (Wildman–Crippen MR) is 57.0 cm³/mol. The quantitative estimate of drug-likeness (QED) is 0.812. The van der Waals surface area contributed by atoms with Crippen molar-refractivity contribution in [2.24, 2.45) is 5.41 Å². The summed E-state index contributed by atoms with van der Waals surface area (Å²) in [5.74, 6) is 0.886. The first-order chi connectivity index (χ1) is 7.26. The van der Waals surface area contributed by atoms with Crippen LogP contribution in [0.4, 0.5) is 0 Å². The van der Waals surface area contributed by atoms with Gasteiger partial charge in [-0.1, -0.05) is 18.2 Å². The molecule has 15 heavy (non-hydrogen) atoms. The van der Waals surface area contributed by atoms with E-state index in [1.54, 1.807) is 0 Å². The van der Waals surface area contributed by atoms with Crippen LogP contribution in [0.2, 0.25) is 0 Å². The maximum absolute atomic E-state index is 9.22. The first-order valence-corrected chi connectivity index (χ1v) is 5.13. The highest BCUT2D eigenvalue weighted by Gasteiger charge is 2.39. The second-order valence-electron chi connectivity index (χ2n) is 4.21. The molecule has 1 fully saturated rings. The lowest BCUT2D eigenvalue weighted by atomic mass is 9.88. The second-order valence-corrected chi connectivity index (χ2v) is 4.21. The van der Waals surface area contributed by atoms with Crippen molar-refractivity contribution in [2.45, 2.75) is 6.92 Å². The van der Waals surface area contributed by atoms with Crippen LogP contribution in [0.5, 0.6) is 5.75 Å². The molecule has 1 aliphatic rings. The van der Waals surface area contributed by atoms with E-state index in [0.29, 0.717) is 19.8 Å². The molecule has 2 rings (SSSR count). The van der Waals surface area contributed by atoms with E-state index in [9.17, 15) is 5.11 Å². The van der Waals surface area contributed by atoms with Crippen molar-refractivity contribution < 1.29 is 14.6 Å². The van der Waals surface area contributed by atoms with Crippen LogP contribution in [-0.2, 0) is 4.74 Å². The van der Waals surface area contributed by atoms with Gasteiger partial charge in [0.15, 0.2) is 0 Å². The van der Waals surface area contributed by atoms with Gasteiger partial charge in [0.05, 0.1) is 25.2 Å². The number of aliphatic hydroxyl groups is 1. The summed E-state index contributed by atoms with van der Waals surface area (Å²) in [5.41, 5.74) is 0.938. The number of aliphatic hydroxyl groups excluding tert-OH is 1. The van der Waals surface area contributed by atoms with Crippen LogP contribution in [0.3, 0.4) is 0 Å². The molecule has 0 radical (unpaired) electrons. The van der Waals surface area contributed by atoms with Gasteiger partial charge in [-0.15, -0.1) is 0 Å². The largest absolute Gasteiger partial charge is 0.492 e. The molecule has 1 aromatic rings. The molecule has 1 N–H and O–H groups in total. The molecule has 1 saturated heterocycles. The minimum atomic E-state index is -0.178. The topological polar surface area (TPSA) is 38.7 Å². The van der Waals surface area contributed by atoms with E-state index in [1.165, 1.54) is 0 Å². The number of benzene rings is 1. The van der Waals surface area contributed by atoms with Crippen LogP contribution < -0.4 is 4.74 Å². The normalized spacial score (nSPS) is 18.3. The molecule has 0 atom stereocenters. The summed E-state index contributed by atoms with van der Waals surface area (Å²) in [6.07, 6.45) is 0. The number of aryl methyl sites for hydroxylation is 1. The van der Waals surface area contributed by atoms with Crippen molar-refractivity contribution in [3.05, 3.63) is 29.8 Å². The number of ether oxygens (including phenoxy) is 2. The molecule has 0 amide bonds. The molecule has 1 heterocycles. The molecule has 0 unspecified atom stereocenters. The predicted octanol–water partition coefficient (Wildman–Crippen LogP) is 1.38. The van der Waals surface area contributed by atoms with Gasteiger partial charge in [-0.3, -0.25) is 0 Å².